The Hall–Kier alpha value is -1.62. The Bertz CT molecular complexity index is 662. The molecule has 0 amide bonds. The van der Waals surface area contributed by atoms with Crippen LogP contribution in [0.2, 0.25) is 0 Å². The van der Waals surface area contributed by atoms with E-state index in [0.29, 0.717) is 25.1 Å². The Labute approximate surface area is 118 Å². The normalized spacial score (nSPS) is 24.2. The molecule has 6 nitrogen and oxygen atoms in total. The number of nitrogens with two attached hydrogens (primary N) is 1. The summed E-state index contributed by atoms with van der Waals surface area (Å²) in [4.78, 5) is -0.0631. The van der Waals surface area contributed by atoms with Crippen LogP contribution in [0.25, 0.3) is 0 Å². The van der Waals surface area contributed by atoms with Gasteiger partial charge in [-0.15, -0.1) is 0 Å². The molecule has 108 valence electrons. The lowest BCUT2D eigenvalue weighted by atomic mass is 9.97. The molecule has 1 heterocycles. The Kier molecular flexibility index (Phi) is 3.73. The highest BCUT2D eigenvalue weighted by molar-refractivity contribution is 7.89. The number of nitrogen functional groups attached to an aromatic ring is 1. The Morgan fingerprint density at radius 3 is 2.80 bits per heavy atom. The van der Waals surface area contributed by atoms with Crippen molar-refractivity contribution in [2.24, 2.45) is 0 Å². The van der Waals surface area contributed by atoms with Crippen molar-refractivity contribution in [2.45, 2.75) is 30.3 Å². The molecule has 1 aliphatic rings. The lowest BCUT2D eigenvalue weighted by Gasteiger charge is -2.36. The van der Waals surface area contributed by atoms with Crippen molar-refractivity contribution in [3.8, 4) is 6.07 Å². The zero-order valence-corrected chi connectivity index (χ0v) is 12.0. The molecule has 0 radical (unpaired) electrons. The number of anilines is 1. The van der Waals surface area contributed by atoms with E-state index >= 15 is 0 Å². The monoisotopic (exact) mass is 295 g/mol. The molecule has 0 spiro atoms. The highest BCUT2D eigenvalue weighted by Gasteiger charge is 2.36. The molecule has 0 bridgehead atoms. The maximum absolute atomic E-state index is 12.6. The van der Waals surface area contributed by atoms with Crippen LogP contribution >= 0.6 is 0 Å². The van der Waals surface area contributed by atoms with Crippen LogP contribution in [0.3, 0.4) is 0 Å². The van der Waals surface area contributed by atoms with Crippen molar-refractivity contribution in [1.82, 2.24) is 4.31 Å². The third kappa shape index (κ3) is 2.77. The summed E-state index contributed by atoms with van der Waals surface area (Å²) >= 11 is 0. The maximum atomic E-state index is 12.6. The van der Waals surface area contributed by atoms with Gasteiger partial charge in [0, 0.05) is 18.8 Å². The van der Waals surface area contributed by atoms with Crippen molar-refractivity contribution in [2.75, 3.05) is 18.8 Å². The van der Waals surface area contributed by atoms with Crippen molar-refractivity contribution < 1.29 is 13.5 Å². The number of rotatable bonds is 2. The SMILES string of the molecule is CC1(O)CCCN(S(=O)(=O)c2ccc(N)cc2C#N)C1. The van der Waals surface area contributed by atoms with E-state index in [0.717, 1.165) is 0 Å². The molecule has 20 heavy (non-hydrogen) atoms. The molecule has 1 unspecified atom stereocenters. The smallest absolute Gasteiger partial charge is 0.244 e. The van der Waals surface area contributed by atoms with Crippen LogP contribution in [0, 0.1) is 11.3 Å². The second-order valence-electron chi connectivity index (χ2n) is 5.31. The van der Waals surface area contributed by atoms with Gasteiger partial charge < -0.3 is 10.8 Å². The van der Waals surface area contributed by atoms with E-state index in [1.54, 1.807) is 6.92 Å². The van der Waals surface area contributed by atoms with Gasteiger partial charge in [-0.05, 0) is 38.0 Å². The van der Waals surface area contributed by atoms with Crippen molar-refractivity contribution in [3.63, 3.8) is 0 Å². The molecular weight excluding hydrogens is 278 g/mol. The minimum atomic E-state index is -3.80. The second kappa shape index (κ2) is 5.05. The van der Waals surface area contributed by atoms with E-state index in [2.05, 4.69) is 0 Å². The molecule has 1 aliphatic heterocycles. The number of aliphatic hydroxyl groups is 1. The lowest BCUT2D eigenvalue weighted by Crippen LogP contribution is -2.48. The van der Waals surface area contributed by atoms with E-state index < -0.39 is 15.6 Å². The summed E-state index contributed by atoms with van der Waals surface area (Å²) in [5.41, 5.74) is 4.89. The van der Waals surface area contributed by atoms with Gasteiger partial charge in [-0.2, -0.15) is 9.57 Å². The highest BCUT2D eigenvalue weighted by Crippen LogP contribution is 2.28. The van der Waals surface area contributed by atoms with Gasteiger partial charge in [0.25, 0.3) is 0 Å². The van der Waals surface area contributed by atoms with E-state index in [1.807, 2.05) is 6.07 Å². The number of nitriles is 1. The predicted molar refractivity (Wildman–Crippen MR) is 74.2 cm³/mol. The first-order chi connectivity index (χ1) is 9.26. The number of hydrogen-bond acceptors (Lipinski definition) is 5. The average Bonchev–Trinajstić information content (AvgIpc) is 2.37. The number of β-amino-alcohol motifs (C(OH)–C–C–N with tert-alkyl or cyclic N) is 1. The fraction of sp³-hybridized carbons (Fsp3) is 0.462. The first-order valence-corrected chi connectivity index (χ1v) is 7.72. The van der Waals surface area contributed by atoms with E-state index in [4.69, 9.17) is 11.0 Å². The Balaban J connectivity index is 2.43. The predicted octanol–water partition coefficient (Wildman–Crippen LogP) is 0.676. The number of hydrogen-bond donors (Lipinski definition) is 2. The Morgan fingerprint density at radius 1 is 1.50 bits per heavy atom. The van der Waals surface area contributed by atoms with Gasteiger partial charge in [-0.1, -0.05) is 0 Å². The highest BCUT2D eigenvalue weighted by atomic mass is 32.2. The number of nitrogens with zero attached hydrogens (tertiary/aromatic N) is 2. The molecular formula is C13H17N3O3S. The van der Waals surface area contributed by atoms with Crippen LogP contribution in [0.4, 0.5) is 5.69 Å². The molecule has 0 aromatic heterocycles. The summed E-state index contributed by atoms with van der Waals surface area (Å²) < 4.78 is 26.4. The molecule has 1 aromatic rings. The molecule has 0 aliphatic carbocycles. The second-order valence-corrected chi connectivity index (χ2v) is 7.21. The zero-order valence-electron chi connectivity index (χ0n) is 11.2. The topological polar surface area (TPSA) is 107 Å². The van der Waals surface area contributed by atoms with Gasteiger partial charge in [0.1, 0.15) is 11.0 Å². The fourth-order valence-corrected chi connectivity index (χ4v) is 4.10. The van der Waals surface area contributed by atoms with Crippen LogP contribution in [-0.4, -0.2) is 36.5 Å². The minimum Gasteiger partial charge on any atom is -0.399 e. The van der Waals surface area contributed by atoms with Gasteiger partial charge in [-0.25, -0.2) is 8.42 Å². The molecule has 1 saturated heterocycles. The quantitative estimate of drug-likeness (QED) is 0.780. The number of benzene rings is 1. The Morgan fingerprint density at radius 2 is 2.20 bits per heavy atom. The van der Waals surface area contributed by atoms with Crippen LogP contribution in [0.15, 0.2) is 23.1 Å². The summed E-state index contributed by atoms with van der Waals surface area (Å²) in [6.07, 6.45) is 1.15. The number of piperidine rings is 1. The third-order valence-corrected chi connectivity index (χ3v) is 5.29. The average molecular weight is 295 g/mol. The van der Waals surface area contributed by atoms with Gasteiger partial charge in [0.2, 0.25) is 10.0 Å². The fourth-order valence-electron chi connectivity index (χ4n) is 2.38. The lowest BCUT2D eigenvalue weighted by molar-refractivity contribution is 0.00939. The minimum absolute atomic E-state index is 0.0233. The van der Waals surface area contributed by atoms with Crippen molar-refractivity contribution in [1.29, 1.82) is 5.26 Å². The van der Waals surface area contributed by atoms with Crippen molar-refractivity contribution in [3.05, 3.63) is 23.8 Å². The van der Waals surface area contributed by atoms with E-state index in [-0.39, 0.29) is 17.0 Å². The summed E-state index contributed by atoms with van der Waals surface area (Å²) in [5, 5.41) is 19.1. The molecule has 7 heteroatoms. The van der Waals surface area contributed by atoms with E-state index in [1.165, 1.54) is 22.5 Å². The van der Waals surface area contributed by atoms with Crippen LogP contribution in [0.5, 0.6) is 0 Å². The van der Waals surface area contributed by atoms with E-state index in [9.17, 15) is 13.5 Å². The van der Waals surface area contributed by atoms with Crippen LogP contribution < -0.4 is 5.73 Å². The van der Waals surface area contributed by atoms with Gasteiger partial charge in [0.15, 0.2) is 0 Å². The molecule has 3 N–H and O–H groups in total. The zero-order chi connectivity index (χ0) is 15.0. The summed E-state index contributed by atoms with van der Waals surface area (Å²) in [6.45, 7) is 1.99. The number of sulfonamides is 1. The molecule has 0 saturated carbocycles. The third-order valence-electron chi connectivity index (χ3n) is 3.38. The van der Waals surface area contributed by atoms with Gasteiger partial charge in [-0.3, -0.25) is 0 Å². The van der Waals surface area contributed by atoms with Crippen molar-refractivity contribution >= 4 is 15.7 Å². The molecule has 1 aromatic carbocycles. The van der Waals surface area contributed by atoms with Crippen LogP contribution in [-0.2, 0) is 10.0 Å². The largest absolute Gasteiger partial charge is 0.399 e. The standard InChI is InChI=1S/C13H17N3O3S/c1-13(17)5-2-6-16(9-13)20(18,19)12-4-3-11(15)7-10(12)8-14/h3-4,7,17H,2,5-6,9,15H2,1H3. The first kappa shape index (κ1) is 14.8. The molecule has 2 rings (SSSR count). The van der Waals surface area contributed by atoms with Crippen LogP contribution in [0.1, 0.15) is 25.3 Å². The first-order valence-electron chi connectivity index (χ1n) is 6.28. The molecule has 1 atom stereocenters. The summed E-state index contributed by atoms with van der Waals surface area (Å²) in [7, 11) is -3.80. The maximum Gasteiger partial charge on any atom is 0.244 e. The van der Waals surface area contributed by atoms with Gasteiger partial charge >= 0.3 is 0 Å². The summed E-state index contributed by atoms with van der Waals surface area (Å²) in [5.74, 6) is 0. The van der Waals surface area contributed by atoms with Gasteiger partial charge in [0.05, 0.1) is 11.2 Å². The summed E-state index contributed by atoms with van der Waals surface area (Å²) in [6, 6.07) is 5.99. The molecule has 1 fully saturated rings.